The van der Waals surface area contributed by atoms with Crippen molar-refractivity contribution >= 4 is 11.0 Å². The van der Waals surface area contributed by atoms with E-state index in [0.717, 1.165) is 11.3 Å². The molecule has 0 amide bonds. The molecule has 0 aliphatic carbocycles. The Bertz CT molecular complexity index is 1480. The molecule has 1 aliphatic rings. The second-order valence-electron chi connectivity index (χ2n) is 8.70. The monoisotopic (exact) mass is 511 g/mol. The number of ether oxygens (including phenoxy) is 3. The summed E-state index contributed by atoms with van der Waals surface area (Å²) in [6.07, 6.45) is -4.18. The summed E-state index contributed by atoms with van der Waals surface area (Å²) < 4.78 is 64.1. The van der Waals surface area contributed by atoms with Crippen molar-refractivity contribution in [3.05, 3.63) is 87.8 Å². The summed E-state index contributed by atoms with van der Waals surface area (Å²) in [7, 11) is 3.05. The van der Waals surface area contributed by atoms with Gasteiger partial charge in [-0.25, -0.2) is 0 Å². The molecule has 0 bridgehead atoms. The van der Waals surface area contributed by atoms with Gasteiger partial charge in [0, 0.05) is 13.1 Å². The lowest BCUT2D eigenvalue weighted by molar-refractivity contribution is -0.152. The average Bonchev–Trinajstić information content (AvgIpc) is 2.91. The van der Waals surface area contributed by atoms with Gasteiger partial charge in [0.15, 0.2) is 0 Å². The van der Waals surface area contributed by atoms with E-state index in [1.54, 1.807) is 13.2 Å². The maximum Gasteiger partial charge on any atom is 0.450 e. The first kappa shape index (κ1) is 24.7. The number of alkyl halides is 3. The number of rotatable bonds is 6. The molecule has 4 aromatic rings. The van der Waals surface area contributed by atoms with E-state index in [2.05, 4.69) is 0 Å². The number of halogens is 3. The van der Waals surface area contributed by atoms with Crippen molar-refractivity contribution in [1.82, 2.24) is 4.90 Å². The molecule has 0 spiro atoms. The van der Waals surface area contributed by atoms with E-state index in [4.69, 9.17) is 18.6 Å². The van der Waals surface area contributed by atoms with Gasteiger partial charge in [-0.05, 0) is 53.9 Å². The van der Waals surface area contributed by atoms with E-state index in [9.17, 15) is 18.0 Å². The third-order valence-corrected chi connectivity index (χ3v) is 6.42. The van der Waals surface area contributed by atoms with E-state index in [1.807, 2.05) is 29.2 Å². The lowest BCUT2D eigenvalue weighted by Gasteiger charge is -2.29. The largest absolute Gasteiger partial charge is 0.497 e. The highest BCUT2D eigenvalue weighted by atomic mass is 19.4. The molecule has 37 heavy (non-hydrogen) atoms. The predicted molar refractivity (Wildman–Crippen MR) is 132 cm³/mol. The maximum absolute atomic E-state index is 14.2. The Labute approximate surface area is 210 Å². The number of nitrogens with zero attached hydrogens (tertiary/aromatic N) is 1. The zero-order valence-corrected chi connectivity index (χ0v) is 20.2. The van der Waals surface area contributed by atoms with Gasteiger partial charge in [-0.1, -0.05) is 24.3 Å². The number of benzene rings is 3. The first-order valence-electron chi connectivity index (χ1n) is 11.6. The summed E-state index contributed by atoms with van der Waals surface area (Å²) in [5.74, 6) is 0.291. The van der Waals surface area contributed by atoms with Crippen molar-refractivity contribution in [2.75, 3.05) is 27.5 Å². The lowest BCUT2D eigenvalue weighted by Crippen LogP contribution is -2.34. The van der Waals surface area contributed by atoms with Crippen LogP contribution in [-0.2, 0) is 19.1 Å². The zero-order valence-electron chi connectivity index (χ0n) is 20.2. The van der Waals surface area contributed by atoms with Gasteiger partial charge in [0.2, 0.25) is 11.2 Å². The average molecular weight is 511 g/mol. The fraction of sp³-hybridized carbons (Fsp3) is 0.250. The van der Waals surface area contributed by atoms with Gasteiger partial charge in [0.25, 0.3) is 0 Å². The van der Waals surface area contributed by atoms with Crippen LogP contribution in [0.4, 0.5) is 13.2 Å². The molecule has 9 heteroatoms. The molecule has 0 fully saturated rings. The van der Waals surface area contributed by atoms with Crippen LogP contribution < -0.4 is 19.6 Å². The van der Waals surface area contributed by atoms with Crippen LogP contribution in [0.5, 0.6) is 17.2 Å². The van der Waals surface area contributed by atoms with Gasteiger partial charge < -0.3 is 18.6 Å². The molecule has 6 nitrogen and oxygen atoms in total. The number of methoxy groups -OCH3 is 2. The Morgan fingerprint density at radius 2 is 1.57 bits per heavy atom. The highest BCUT2D eigenvalue weighted by molar-refractivity contribution is 5.87. The van der Waals surface area contributed by atoms with Crippen molar-refractivity contribution < 1.29 is 31.8 Å². The zero-order chi connectivity index (χ0) is 26.2. The highest BCUT2D eigenvalue weighted by Gasteiger charge is 2.40. The lowest BCUT2D eigenvalue weighted by atomic mass is 9.99. The first-order chi connectivity index (χ1) is 17.8. The second kappa shape index (κ2) is 9.82. The summed E-state index contributed by atoms with van der Waals surface area (Å²) in [6.45, 7) is 1.16. The Kier molecular flexibility index (Phi) is 6.55. The molecule has 0 saturated heterocycles. The third-order valence-electron chi connectivity index (χ3n) is 6.42. The van der Waals surface area contributed by atoms with Crippen LogP contribution in [0.1, 0.15) is 16.9 Å². The van der Waals surface area contributed by atoms with Crippen LogP contribution in [0.2, 0.25) is 0 Å². The van der Waals surface area contributed by atoms with Crippen LogP contribution in [0.25, 0.3) is 22.1 Å². The normalized spacial score (nSPS) is 13.8. The molecule has 0 N–H and O–H groups in total. The molecule has 0 radical (unpaired) electrons. The van der Waals surface area contributed by atoms with Crippen molar-refractivity contribution in [2.24, 2.45) is 0 Å². The fourth-order valence-electron chi connectivity index (χ4n) is 4.45. The maximum atomic E-state index is 14.2. The molecular formula is C28H24F3NO5. The van der Waals surface area contributed by atoms with E-state index >= 15 is 0 Å². The molecule has 0 unspecified atom stereocenters. The summed E-state index contributed by atoms with van der Waals surface area (Å²) in [6, 6.07) is 16.6. The van der Waals surface area contributed by atoms with Gasteiger partial charge in [-0.15, -0.1) is 0 Å². The van der Waals surface area contributed by atoms with Crippen LogP contribution in [0.3, 0.4) is 0 Å². The standard InChI is InChI=1S/C28H24F3NO5/c1-34-19-7-3-17(4-8-19)13-14-32-15-22-23(36-16-32)12-11-21-25(33)24(18-5-9-20(35-2)10-6-18)27(28(29,30)31)37-26(21)22/h3-12H,13-16H2,1-2H3. The summed E-state index contributed by atoms with van der Waals surface area (Å²) in [5, 5.41) is 0.0678. The summed E-state index contributed by atoms with van der Waals surface area (Å²) in [4.78, 5) is 15.4. The van der Waals surface area contributed by atoms with Crippen molar-refractivity contribution in [1.29, 1.82) is 0 Å². The van der Waals surface area contributed by atoms with Gasteiger partial charge in [-0.2, -0.15) is 13.2 Å². The van der Waals surface area contributed by atoms with Gasteiger partial charge in [-0.3, -0.25) is 9.69 Å². The second-order valence-corrected chi connectivity index (χ2v) is 8.70. The fourth-order valence-corrected chi connectivity index (χ4v) is 4.45. The first-order valence-corrected chi connectivity index (χ1v) is 11.6. The Morgan fingerprint density at radius 3 is 2.19 bits per heavy atom. The number of fused-ring (bicyclic) bond motifs is 3. The molecule has 0 atom stereocenters. The van der Waals surface area contributed by atoms with E-state index in [1.165, 1.54) is 37.4 Å². The quantitative estimate of drug-likeness (QED) is 0.322. The molecule has 3 aromatic carbocycles. The van der Waals surface area contributed by atoms with Crippen molar-refractivity contribution in [2.45, 2.75) is 19.1 Å². The van der Waals surface area contributed by atoms with E-state index < -0.39 is 22.9 Å². The van der Waals surface area contributed by atoms with Crippen LogP contribution >= 0.6 is 0 Å². The minimum atomic E-state index is -4.88. The highest BCUT2D eigenvalue weighted by Crippen LogP contribution is 2.40. The Morgan fingerprint density at radius 1 is 0.919 bits per heavy atom. The van der Waals surface area contributed by atoms with Gasteiger partial charge in [0.05, 0.1) is 30.7 Å². The van der Waals surface area contributed by atoms with Crippen LogP contribution in [-0.4, -0.2) is 32.4 Å². The molecular weight excluding hydrogens is 487 g/mol. The van der Waals surface area contributed by atoms with Gasteiger partial charge in [0.1, 0.15) is 29.6 Å². The van der Waals surface area contributed by atoms with Crippen LogP contribution in [0.15, 0.2) is 69.9 Å². The topological polar surface area (TPSA) is 61.1 Å². The van der Waals surface area contributed by atoms with E-state index in [-0.39, 0.29) is 29.8 Å². The molecule has 2 heterocycles. The Hall–Kier alpha value is -3.98. The summed E-state index contributed by atoms with van der Waals surface area (Å²) in [5.41, 5.74) is 0.203. The predicted octanol–water partition coefficient (Wildman–Crippen LogP) is 5.89. The van der Waals surface area contributed by atoms with Crippen molar-refractivity contribution in [3.63, 3.8) is 0 Å². The Balaban J connectivity index is 1.52. The molecule has 192 valence electrons. The summed E-state index contributed by atoms with van der Waals surface area (Å²) >= 11 is 0. The SMILES string of the molecule is COc1ccc(CCN2COc3ccc4c(=O)c(-c5ccc(OC)cc5)c(C(F)(F)F)oc4c3C2)cc1. The minimum absolute atomic E-state index is 0.0678. The van der Waals surface area contributed by atoms with Gasteiger partial charge >= 0.3 is 6.18 Å². The van der Waals surface area contributed by atoms with E-state index in [0.29, 0.717) is 30.0 Å². The number of hydrogen-bond acceptors (Lipinski definition) is 6. The van der Waals surface area contributed by atoms with Crippen molar-refractivity contribution in [3.8, 4) is 28.4 Å². The van der Waals surface area contributed by atoms with Crippen LogP contribution in [0, 0.1) is 0 Å². The molecule has 5 rings (SSSR count). The third kappa shape index (κ3) is 4.86. The smallest absolute Gasteiger partial charge is 0.450 e. The molecule has 1 aliphatic heterocycles. The molecule has 0 saturated carbocycles. The minimum Gasteiger partial charge on any atom is -0.497 e. The number of hydrogen-bond donors (Lipinski definition) is 0. The molecule has 1 aromatic heterocycles.